The van der Waals surface area contributed by atoms with E-state index in [0.29, 0.717) is 10.2 Å². The number of rotatable bonds is 7. The largest absolute Gasteiger partial charge is 0.318 e. The van der Waals surface area contributed by atoms with Crippen molar-refractivity contribution in [1.29, 1.82) is 0 Å². The molecular formula is C23H25BrN4O3S. The SMILES string of the molecule is Cc1ccccc1-n1c(C)cc(/C=N\NC(=O)CN(c2ccccc2Br)S(C)(=O)=O)c1C. The molecule has 0 spiro atoms. The van der Waals surface area contributed by atoms with Crippen LogP contribution in [-0.2, 0) is 14.8 Å². The molecule has 0 radical (unpaired) electrons. The van der Waals surface area contributed by atoms with Crippen molar-refractivity contribution in [1.82, 2.24) is 9.99 Å². The predicted octanol–water partition coefficient (Wildman–Crippen LogP) is 4.08. The second-order valence-electron chi connectivity index (χ2n) is 7.46. The number of aromatic nitrogens is 1. The molecule has 0 aliphatic rings. The van der Waals surface area contributed by atoms with Crippen LogP contribution in [0.4, 0.5) is 5.69 Å². The highest BCUT2D eigenvalue weighted by Gasteiger charge is 2.22. The Morgan fingerprint density at radius 3 is 2.44 bits per heavy atom. The highest BCUT2D eigenvalue weighted by Crippen LogP contribution is 2.27. The lowest BCUT2D eigenvalue weighted by Crippen LogP contribution is -2.39. The van der Waals surface area contributed by atoms with Gasteiger partial charge in [-0.1, -0.05) is 30.3 Å². The lowest BCUT2D eigenvalue weighted by atomic mass is 10.2. The molecule has 0 atom stereocenters. The zero-order valence-electron chi connectivity index (χ0n) is 18.3. The number of benzene rings is 2. The summed E-state index contributed by atoms with van der Waals surface area (Å²) in [7, 11) is -3.67. The average molecular weight is 517 g/mol. The molecule has 9 heteroatoms. The zero-order chi connectivity index (χ0) is 23.5. The molecule has 1 aromatic heterocycles. The van der Waals surface area contributed by atoms with Gasteiger partial charge < -0.3 is 4.57 Å². The summed E-state index contributed by atoms with van der Waals surface area (Å²) in [6.07, 6.45) is 2.63. The molecular weight excluding hydrogens is 492 g/mol. The van der Waals surface area contributed by atoms with Crippen molar-refractivity contribution in [3.8, 4) is 5.69 Å². The molecule has 0 saturated heterocycles. The number of hydrazone groups is 1. The topological polar surface area (TPSA) is 83.8 Å². The van der Waals surface area contributed by atoms with Gasteiger partial charge in [-0.2, -0.15) is 5.10 Å². The van der Waals surface area contributed by atoms with Gasteiger partial charge in [-0.25, -0.2) is 13.8 Å². The molecule has 3 aromatic rings. The highest BCUT2D eigenvalue weighted by atomic mass is 79.9. The summed E-state index contributed by atoms with van der Waals surface area (Å²) >= 11 is 3.33. The van der Waals surface area contributed by atoms with Gasteiger partial charge in [0, 0.05) is 27.1 Å². The number of aryl methyl sites for hydroxylation is 2. The highest BCUT2D eigenvalue weighted by molar-refractivity contribution is 9.10. The van der Waals surface area contributed by atoms with Crippen LogP contribution in [0.3, 0.4) is 0 Å². The van der Waals surface area contributed by atoms with E-state index in [2.05, 4.69) is 50.1 Å². The van der Waals surface area contributed by atoms with Gasteiger partial charge in [-0.15, -0.1) is 0 Å². The number of hydrogen-bond donors (Lipinski definition) is 1. The maximum atomic E-state index is 12.4. The fourth-order valence-corrected chi connectivity index (χ4v) is 4.96. The van der Waals surface area contributed by atoms with Crippen molar-refractivity contribution in [2.24, 2.45) is 5.10 Å². The first-order chi connectivity index (χ1) is 15.1. The van der Waals surface area contributed by atoms with Crippen molar-refractivity contribution in [3.05, 3.63) is 81.6 Å². The lowest BCUT2D eigenvalue weighted by Gasteiger charge is -2.22. The van der Waals surface area contributed by atoms with E-state index in [1.807, 2.05) is 32.0 Å². The minimum absolute atomic E-state index is 0.385. The normalized spacial score (nSPS) is 11.7. The van der Waals surface area contributed by atoms with Gasteiger partial charge in [0.1, 0.15) is 6.54 Å². The van der Waals surface area contributed by atoms with Gasteiger partial charge in [0.15, 0.2) is 0 Å². The van der Waals surface area contributed by atoms with E-state index in [1.54, 1.807) is 30.5 Å². The third kappa shape index (κ3) is 5.28. The molecule has 1 heterocycles. The van der Waals surface area contributed by atoms with Crippen LogP contribution < -0.4 is 9.73 Å². The Hall–Kier alpha value is -2.91. The quantitative estimate of drug-likeness (QED) is 0.379. The molecule has 0 unspecified atom stereocenters. The summed E-state index contributed by atoms with van der Waals surface area (Å²) in [6, 6.07) is 16.9. The first kappa shape index (κ1) is 23.7. The van der Waals surface area contributed by atoms with Gasteiger partial charge in [0.05, 0.1) is 18.2 Å². The molecule has 168 valence electrons. The van der Waals surface area contributed by atoms with Gasteiger partial charge >= 0.3 is 0 Å². The monoisotopic (exact) mass is 516 g/mol. The van der Waals surface area contributed by atoms with Crippen molar-refractivity contribution < 1.29 is 13.2 Å². The van der Waals surface area contributed by atoms with Crippen molar-refractivity contribution in [2.75, 3.05) is 17.1 Å². The Kier molecular flexibility index (Phi) is 7.20. The minimum atomic E-state index is -3.67. The fourth-order valence-electron chi connectivity index (χ4n) is 3.48. The molecule has 1 amide bonds. The van der Waals surface area contributed by atoms with E-state index in [4.69, 9.17) is 0 Å². The molecule has 2 aromatic carbocycles. The van der Waals surface area contributed by atoms with Gasteiger partial charge in [0.2, 0.25) is 10.0 Å². The number of sulfonamides is 1. The standard InChI is InChI=1S/C23H25BrN4O3S/c1-16-9-5-7-11-21(16)28-17(2)13-19(18(28)3)14-25-26-23(29)15-27(32(4,30)31)22-12-8-6-10-20(22)24/h5-14H,15H2,1-4H3,(H,26,29)/b25-14-. The van der Waals surface area contributed by atoms with Crippen LogP contribution in [0.5, 0.6) is 0 Å². The lowest BCUT2D eigenvalue weighted by molar-refractivity contribution is -0.119. The summed E-state index contributed by atoms with van der Waals surface area (Å²) in [6.45, 7) is 5.67. The van der Waals surface area contributed by atoms with Gasteiger partial charge in [-0.3, -0.25) is 9.10 Å². The maximum Gasteiger partial charge on any atom is 0.260 e. The van der Waals surface area contributed by atoms with Crippen LogP contribution in [0.1, 0.15) is 22.5 Å². The summed E-state index contributed by atoms with van der Waals surface area (Å²) in [4.78, 5) is 12.4. The van der Waals surface area contributed by atoms with Gasteiger partial charge in [-0.05, 0) is 66.5 Å². The number of nitrogens with zero attached hydrogens (tertiary/aromatic N) is 3. The molecule has 1 N–H and O–H groups in total. The zero-order valence-corrected chi connectivity index (χ0v) is 20.7. The summed E-state index contributed by atoms with van der Waals surface area (Å²) in [5, 5.41) is 4.05. The van der Waals surface area contributed by atoms with Crippen LogP contribution in [0.2, 0.25) is 0 Å². The molecule has 0 aliphatic heterocycles. The Morgan fingerprint density at radius 2 is 1.78 bits per heavy atom. The molecule has 0 bridgehead atoms. The van der Waals surface area contributed by atoms with Crippen LogP contribution in [-0.4, -0.2) is 37.9 Å². The van der Waals surface area contributed by atoms with E-state index < -0.39 is 15.9 Å². The third-order valence-corrected chi connectivity index (χ3v) is 6.83. The van der Waals surface area contributed by atoms with E-state index in [9.17, 15) is 13.2 Å². The van der Waals surface area contributed by atoms with Gasteiger partial charge in [0.25, 0.3) is 5.91 Å². The van der Waals surface area contributed by atoms with Crippen LogP contribution in [0, 0.1) is 20.8 Å². The molecule has 0 aliphatic carbocycles. The molecule has 0 fully saturated rings. The first-order valence-corrected chi connectivity index (χ1v) is 12.5. The second-order valence-corrected chi connectivity index (χ2v) is 10.2. The van der Waals surface area contributed by atoms with Crippen LogP contribution in [0.25, 0.3) is 5.69 Å². The first-order valence-electron chi connectivity index (χ1n) is 9.88. The van der Waals surface area contributed by atoms with E-state index >= 15 is 0 Å². The number of amides is 1. The van der Waals surface area contributed by atoms with Crippen LogP contribution in [0.15, 0.2) is 64.2 Å². The van der Waals surface area contributed by atoms with E-state index in [0.717, 1.165) is 38.8 Å². The second kappa shape index (κ2) is 9.70. The fraction of sp³-hybridized carbons (Fsp3) is 0.217. The van der Waals surface area contributed by atoms with Crippen LogP contribution >= 0.6 is 15.9 Å². The number of carbonyl (C=O) groups excluding carboxylic acids is 1. The summed E-state index contributed by atoms with van der Waals surface area (Å²) < 4.78 is 28.2. The maximum absolute atomic E-state index is 12.4. The smallest absolute Gasteiger partial charge is 0.260 e. The number of carbonyl (C=O) groups is 1. The minimum Gasteiger partial charge on any atom is -0.318 e. The number of para-hydroxylation sites is 2. The molecule has 0 saturated carbocycles. The predicted molar refractivity (Wildman–Crippen MR) is 132 cm³/mol. The van der Waals surface area contributed by atoms with Crippen molar-refractivity contribution >= 4 is 43.8 Å². The number of anilines is 1. The summed E-state index contributed by atoms with van der Waals surface area (Å²) in [5.74, 6) is -0.546. The number of hydrogen-bond acceptors (Lipinski definition) is 4. The molecule has 7 nitrogen and oxygen atoms in total. The average Bonchev–Trinajstić information content (AvgIpc) is 3.00. The summed E-state index contributed by atoms with van der Waals surface area (Å²) in [5.41, 5.74) is 7.94. The third-order valence-electron chi connectivity index (χ3n) is 5.03. The molecule has 3 rings (SSSR count). The number of halogens is 1. The van der Waals surface area contributed by atoms with Crippen molar-refractivity contribution in [2.45, 2.75) is 20.8 Å². The van der Waals surface area contributed by atoms with E-state index in [1.165, 1.54) is 0 Å². The van der Waals surface area contributed by atoms with E-state index in [-0.39, 0.29) is 6.54 Å². The Bertz CT molecular complexity index is 1280. The number of nitrogens with one attached hydrogen (secondary N) is 1. The Balaban J connectivity index is 1.76. The molecule has 32 heavy (non-hydrogen) atoms. The Morgan fingerprint density at radius 1 is 1.12 bits per heavy atom. The van der Waals surface area contributed by atoms with Crippen molar-refractivity contribution in [3.63, 3.8) is 0 Å². The Labute approximate surface area is 196 Å².